The number of hydrogen-bond donors (Lipinski definition) is 1. The smallest absolute Gasteiger partial charge is 0.265 e. The maximum atomic E-state index is 13.0. The van der Waals surface area contributed by atoms with Gasteiger partial charge in [0.15, 0.2) is 0 Å². The average Bonchev–Trinajstić information content (AvgIpc) is 3.29. The van der Waals surface area contributed by atoms with Gasteiger partial charge in [-0.25, -0.2) is 0 Å². The summed E-state index contributed by atoms with van der Waals surface area (Å²) in [4.78, 5) is 27.6. The van der Waals surface area contributed by atoms with E-state index in [1.54, 1.807) is 53.4 Å². The predicted molar refractivity (Wildman–Crippen MR) is 115 cm³/mol. The van der Waals surface area contributed by atoms with Gasteiger partial charge in [0, 0.05) is 24.3 Å². The molecule has 0 aliphatic rings. The van der Waals surface area contributed by atoms with Crippen LogP contribution in [0.15, 0.2) is 78.7 Å². The van der Waals surface area contributed by atoms with Crippen LogP contribution in [-0.2, 0) is 6.54 Å². The summed E-state index contributed by atoms with van der Waals surface area (Å²) in [7, 11) is 0. The lowest BCUT2D eigenvalue weighted by Crippen LogP contribution is -2.30. The highest BCUT2D eigenvalue weighted by Crippen LogP contribution is 2.17. The first-order valence-corrected chi connectivity index (χ1v) is 9.83. The van der Waals surface area contributed by atoms with Gasteiger partial charge in [-0.3, -0.25) is 9.59 Å². The Labute approximate surface area is 173 Å². The van der Waals surface area contributed by atoms with Crippen molar-refractivity contribution in [2.24, 2.45) is 0 Å². The highest BCUT2D eigenvalue weighted by Gasteiger charge is 2.16. The van der Waals surface area contributed by atoms with Crippen molar-refractivity contribution in [3.8, 4) is 6.07 Å². The van der Waals surface area contributed by atoms with Crippen molar-refractivity contribution >= 4 is 28.8 Å². The zero-order chi connectivity index (χ0) is 20.6. The van der Waals surface area contributed by atoms with Gasteiger partial charge in [0.2, 0.25) is 0 Å². The summed E-state index contributed by atoms with van der Waals surface area (Å²) < 4.78 is 0. The van der Waals surface area contributed by atoms with Crippen molar-refractivity contribution in [3.05, 3.63) is 100 Å². The van der Waals surface area contributed by atoms with Crippen LogP contribution in [0.3, 0.4) is 0 Å². The summed E-state index contributed by atoms with van der Waals surface area (Å²) in [6, 6.07) is 19.7. The molecule has 0 fully saturated rings. The number of thiophene rings is 1. The molecule has 1 heterocycles. The fourth-order valence-corrected chi connectivity index (χ4v) is 3.41. The van der Waals surface area contributed by atoms with Crippen LogP contribution >= 0.6 is 11.3 Å². The monoisotopic (exact) mass is 401 g/mol. The van der Waals surface area contributed by atoms with E-state index in [-0.39, 0.29) is 11.8 Å². The molecule has 1 N–H and O–H groups in total. The van der Waals surface area contributed by atoms with E-state index in [1.165, 1.54) is 11.3 Å². The molecule has 0 radical (unpaired) electrons. The molecule has 2 aromatic carbocycles. The third kappa shape index (κ3) is 5.18. The van der Waals surface area contributed by atoms with Crippen molar-refractivity contribution in [2.45, 2.75) is 6.54 Å². The van der Waals surface area contributed by atoms with Gasteiger partial charge in [-0.05, 0) is 47.3 Å². The molecule has 0 aliphatic heterocycles. The Morgan fingerprint density at radius 1 is 1.14 bits per heavy atom. The van der Waals surface area contributed by atoms with Crippen molar-refractivity contribution in [3.63, 3.8) is 0 Å². The maximum absolute atomic E-state index is 13.0. The molecule has 3 aromatic rings. The van der Waals surface area contributed by atoms with Crippen LogP contribution in [0.4, 0.5) is 5.69 Å². The molecule has 2 amide bonds. The lowest BCUT2D eigenvalue weighted by atomic mass is 10.1. The second-order valence-electron chi connectivity index (χ2n) is 6.30. The van der Waals surface area contributed by atoms with Crippen LogP contribution in [0.2, 0.25) is 0 Å². The van der Waals surface area contributed by atoms with Gasteiger partial charge in [-0.2, -0.15) is 5.26 Å². The Bertz CT molecular complexity index is 1050. The zero-order valence-corrected chi connectivity index (χ0v) is 16.5. The second kappa shape index (κ2) is 9.49. The lowest BCUT2D eigenvalue weighted by molar-refractivity contribution is 0.0762. The predicted octanol–water partition coefficient (Wildman–Crippen LogP) is 4.70. The Morgan fingerprint density at radius 2 is 1.93 bits per heavy atom. The molecule has 0 bridgehead atoms. The number of benzene rings is 2. The SMILES string of the molecule is C=CCN(Cc1ccc(C#N)cc1)C(=O)c1cccc(NC(=O)c2cccs2)c1. The van der Waals surface area contributed by atoms with Gasteiger partial charge in [0.05, 0.1) is 16.5 Å². The van der Waals surface area contributed by atoms with Gasteiger partial charge < -0.3 is 10.2 Å². The standard InChI is InChI=1S/C23H19N3O2S/c1-2-12-26(16-18-10-8-17(15-24)9-11-18)23(28)19-5-3-6-20(14-19)25-22(27)21-7-4-13-29-21/h2-11,13-14H,1,12,16H2,(H,25,27). The highest BCUT2D eigenvalue weighted by molar-refractivity contribution is 7.12. The number of nitriles is 1. The van der Waals surface area contributed by atoms with E-state index in [1.807, 2.05) is 23.6 Å². The second-order valence-corrected chi connectivity index (χ2v) is 7.24. The fourth-order valence-electron chi connectivity index (χ4n) is 2.79. The molecular formula is C23H19N3O2S. The van der Waals surface area contributed by atoms with Crippen LogP contribution in [-0.4, -0.2) is 23.3 Å². The summed E-state index contributed by atoms with van der Waals surface area (Å²) >= 11 is 1.36. The number of anilines is 1. The van der Waals surface area contributed by atoms with Crippen molar-refractivity contribution < 1.29 is 9.59 Å². The minimum Gasteiger partial charge on any atom is -0.331 e. The van der Waals surface area contributed by atoms with Gasteiger partial charge in [-0.15, -0.1) is 17.9 Å². The number of rotatable bonds is 7. The van der Waals surface area contributed by atoms with Crippen LogP contribution in [0.1, 0.15) is 31.2 Å². The highest BCUT2D eigenvalue weighted by atomic mass is 32.1. The Morgan fingerprint density at radius 3 is 2.59 bits per heavy atom. The van der Waals surface area contributed by atoms with Crippen molar-refractivity contribution in [1.29, 1.82) is 5.26 Å². The number of carbonyl (C=O) groups excluding carboxylic acids is 2. The molecule has 3 rings (SSSR count). The molecule has 0 aliphatic carbocycles. The molecule has 0 atom stereocenters. The molecule has 0 spiro atoms. The summed E-state index contributed by atoms with van der Waals surface area (Å²) in [5.41, 5.74) is 2.53. The minimum absolute atomic E-state index is 0.165. The van der Waals surface area contributed by atoms with E-state index >= 15 is 0 Å². The minimum atomic E-state index is -0.204. The number of nitrogens with zero attached hydrogens (tertiary/aromatic N) is 2. The Balaban J connectivity index is 1.76. The van der Waals surface area contributed by atoms with Crippen molar-refractivity contribution in [1.82, 2.24) is 4.90 Å². The van der Waals surface area contributed by atoms with Gasteiger partial charge in [-0.1, -0.05) is 30.3 Å². The fraction of sp³-hybridized carbons (Fsp3) is 0.0870. The Hall–Kier alpha value is -3.69. The van der Waals surface area contributed by atoms with E-state index in [2.05, 4.69) is 18.0 Å². The van der Waals surface area contributed by atoms with Crippen LogP contribution < -0.4 is 5.32 Å². The van der Waals surface area contributed by atoms with Gasteiger partial charge in [0.1, 0.15) is 0 Å². The average molecular weight is 401 g/mol. The normalized spacial score (nSPS) is 10.0. The maximum Gasteiger partial charge on any atom is 0.265 e. The lowest BCUT2D eigenvalue weighted by Gasteiger charge is -2.22. The third-order valence-electron chi connectivity index (χ3n) is 4.21. The van der Waals surface area contributed by atoms with E-state index < -0.39 is 0 Å². The molecular weight excluding hydrogens is 382 g/mol. The topological polar surface area (TPSA) is 73.2 Å². The van der Waals surface area contributed by atoms with E-state index in [0.29, 0.717) is 34.8 Å². The zero-order valence-electron chi connectivity index (χ0n) is 15.7. The molecule has 144 valence electrons. The molecule has 0 saturated carbocycles. The molecule has 6 heteroatoms. The van der Waals surface area contributed by atoms with E-state index in [0.717, 1.165) is 5.56 Å². The van der Waals surface area contributed by atoms with Crippen molar-refractivity contribution in [2.75, 3.05) is 11.9 Å². The molecule has 1 aromatic heterocycles. The van der Waals surface area contributed by atoms with E-state index in [9.17, 15) is 9.59 Å². The van der Waals surface area contributed by atoms with Crippen LogP contribution in [0, 0.1) is 11.3 Å². The molecule has 0 unspecified atom stereocenters. The first-order chi connectivity index (χ1) is 14.1. The van der Waals surface area contributed by atoms with E-state index in [4.69, 9.17) is 5.26 Å². The summed E-state index contributed by atoms with van der Waals surface area (Å²) in [6.45, 7) is 4.51. The van der Waals surface area contributed by atoms with Crippen LogP contribution in [0.5, 0.6) is 0 Å². The molecule has 29 heavy (non-hydrogen) atoms. The first-order valence-electron chi connectivity index (χ1n) is 8.95. The summed E-state index contributed by atoms with van der Waals surface area (Å²) in [5.74, 6) is -0.369. The quantitative estimate of drug-likeness (QED) is 0.583. The summed E-state index contributed by atoms with van der Waals surface area (Å²) in [6.07, 6.45) is 1.67. The summed E-state index contributed by atoms with van der Waals surface area (Å²) in [5, 5.41) is 13.6. The molecule has 5 nitrogen and oxygen atoms in total. The largest absolute Gasteiger partial charge is 0.331 e. The number of amides is 2. The first kappa shape index (κ1) is 20.1. The number of carbonyl (C=O) groups is 2. The van der Waals surface area contributed by atoms with Gasteiger partial charge >= 0.3 is 0 Å². The molecule has 0 saturated heterocycles. The Kier molecular flexibility index (Phi) is 6.56. The number of hydrogen-bond acceptors (Lipinski definition) is 4. The van der Waals surface area contributed by atoms with Crippen LogP contribution in [0.25, 0.3) is 0 Å². The number of nitrogens with one attached hydrogen (secondary N) is 1. The third-order valence-corrected chi connectivity index (χ3v) is 5.07. The van der Waals surface area contributed by atoms with Gasteiger partial charge in [0.25, 0.3) is 11.8 Å².